The Morgan fingerprint density at radius 3 is 2.56 bits per heavy atom. The molecule has 0 fully saturated rings. The first kappa shape index (κ1) is 17.4. The first-order valence-electron chi connectivity index (χ1n) is 8.45. The maximum Gasteiger partial charge on any atom is 0.283 e. The first-order valence-corrected chi connectivity index (χ1v) is 8.83. The van der Waals surface area contributed by atoms with Gasteiger partial charge in [0.15, 0.2) is 5.54 Å². The average molecular weight is 380 g/mol. The number of aromatic nitrogens is 1. The lowest BCUT2D eigenvalue weighted by Gasteiger charge is -2.26. The van der Waals surface area contributed by atoms with E-state index in [2.05, 4.69) is 16.0 Å². The van der Waals surface area contributed by atoms with Gasteiger partial charge in [0.2, 0.25) is 0 Å². The highest BCUT2D eigenvalue weighted by atomic mass is 35.5. The molecule has 1 atom stereocenters. The zero-order chi connectivity index (χ0) is 18.9. The van der Waals surface area contributed by atoms with E-state index in [0.29, 0.717) is 17.4 Å². The van der Waals surface area contributed by atoms with Crippen LogP contribution in [0.25, 0.3) is 11.1 Å². The number of ether oxygens (including phenoxy) is 2. The van der Waals surface area contributed by atoms with E-state index in [4.69, 9.17) is 26.8 Å². The third-order valence-corrected chi connectivity index (χ3v) is 4.99. The van der Waals surface area contributed by atoms with Crippen LogP contribution in [0, 0.1) is 0 Å². The third kappa shape index (κ3) is 3.11. The molecular formula is C21H18ClN3O2. The minimum atomic E-state index is -0.766. The lowest BCUT2D eigenvalue weighted by Crippen LogP contribution is -2.27. The lowest BCUT2D eigenvalue weighted by atomic mass is 9.83. The highest BCUT2D eigenvalue weighted by molar-refractivity contribution is 6.32. The summed E-state index contributed by atoms with van der Waals surface area (Å²) < 4.78 is 10.8. The fourth-order valence-corrected chi connectivity index (χ4v) is 3.56. The molecule has 0 aliphatic carbocycles. The van der Waals surface area contributed by atoms with Crippen LogP contribution in [0.4, 0.5) is 0 Å². The molecule has 1 aliphatic heterocycles. The maximum absolute atomic E-state index is 6.37. The Labute approximate surface area is 162 Å². The standard InChI is InChI=1S/C21H18ClN3O2/c1-26-19-8-7-17(11-18(19)22)21(13-27-20(23)25-21)16-6-2-4-14(10-16)15-5-3-9-24-12-15/h2-12H,13H2,1H3,(H2,23,25). The summed E-state index contributed by atoms with van der Waals surface area (Å²) in [6.07, 6.45) is 3.59. The number of hydrogen-bond donors (Lipinski definition) is 1. The molecule has 0 radical (unpaired) electrons. The zero-order valence-electron chi connectivity index (χ0n) is 14.7. The van der Waals surface area contributed by atoms with Crippen molar-refractivity contribution in [2.24, 2.45) is 10.7 Å². The van der Waals surface area contributed by atoms with Crippen LogP contribution in [0.2, 0.25) is 5.02 Å². The molecule has 5 nitrogen and oxygen atoms in total. The summed E-state index contributed by atoms with van der Waals surface area (Å²) >= 11 is 6.37. The Kier molecular flexibility index (Phi) is 4.46. The Balaban J connectivity index is 1.86. The summed E-state index contributed by atoms with van der Waals surface area (Å²) in [5.74, 6) is 0.607. The molecule has 136 valence electrons. The monoisotopic (exact) mass is 379 g/mol. The Hall–Kier alpha value is -3.05. The molecule has 0 saturated heterocycles. The molecule has 1 aliphatic rings. The molecule has 27 heavy (non-hydrogen) atoms. The van der Waals surface area contributed by atoms with E-state index in [0.717, 1.165) is 22.3 Å². The number of nitrogens with two attached hydrogens (primary N) is 1. The Morgan fingerprint density at radius 1 is 1.07 bits per heavy atom. The molecule has 2 aromatic carbocycles. The van der Waals surface area contributed by atoms with Gasteiger partial charge in [0.1, 0.15) is 12.4 Å². The summed E-state index contributed by atoms with van der Waals surface area (Å²) in [4.78, 5) is 8.85. The fourth-order valence-electron chi connectivity index (χ4n) is 3.31. The number of nitrogens with zero attached hydrogens (tertiary/aromatic N) is 2. The van der Waals surface area contributed by atoms with Gasteiger partial charge in [-0.25, -0.2) is 4.99 Å². The maximum atomic E-state index is 6.37. The highest BCUT2D eigenvalue weighted by Crippen LogP contribution is 2.41. The van der Waals surface area contributed by atoms with E-state index in [1.165, 1.54) is 0 Å². The highest BCUT2D eigenvalue weighted by Gasteiger charge is 2.40. The van der Waals surface area contributed by atoms with Crippen LogP contribution in [0.15, 0.2) is 72.0 Å². The van der Waals surface area contributed by atoms with E-state index >= 15 is 0 Å². The quantitative estimate of drug-likeness (QED) is 0.743. The van der Waals surface area contributed by atoms with Gasteiger partial charge >= 0.3 is 0 Å². The number of methoxy groups -OCH3 is 1. The molecule has 0 bridgehead atoms. The van der Waals surface area contributed by atoms with E-state index in [9.17, 15) is 0 Å². The molecule has 0 saturated carbocycles. The van der Waals surface area contributed by atoms with Gasteiger partial charge in [-0.3, -0.25) is 4.98 Å². The number of pyridine rings is 1. The van der Waals surface area contributed by atoms with Crippen molar-refractivity contribution in [3.63, 3.8) is 0 Å². The first-order chi connectivity index (χ1) is 13.1. The number of aliphatic imine (C=N–C) groups is 1. The number of hydrogen-bond acceptors (Lipinski definition) is 5. The van der Waals surface area contributed by atoms with Crippen molar-refractivity contribution < 1.29 is 9.47 Å². The largest absolute Gasteiger partial charge is 0.495 e. The molecule has 1 unspecified atom stereocenters. The molecule has 4 rings (SSSR count). The smallest absolute Gasteiger partial charge is 0.283 e. The Morgan fingerprint density at radius 2 is 1.89 bits per heavy atom. The second-order valence-electron chi connectivity index (χ2n) is 6.27. The average Bonchev–Trinajstić information content (AvgIpc) is 3.12. The fraction of sp³-hybridized carbons (Fsp3) is 0.143. The molecule has 2 N–H and O–H groups in total. The molecule has 0 amide bonds. The predicted octanol–water partition coefficient (Wildman–Crippen LogP) is 4.00. The number of amidine groups is 1. The van der Waals surface area contributed by atoms with Crippen molar-refractivity contribution in [3.05, 3.63) is 83.1 Å². The zero-order valence-corrected chi connectivity index (χ0v) is 15.5. The van der Waals surface area contributed by atoms with Gasteiger partial charge in [-0.15, -0.1) is 0 Å². The van der Waals surface area contributed by atoms with Crippen LogP contribution < -0.4 is 10.5 Å². The van der Waals surface area contributed by atoms with E-state index < -0.39 is 5.54 Å². The van der Waals surface area contributed by atoms with Gasteiger partial charge in [-0.1, -0.05) is 41.9 Å². The van der Waals surface area contributed by atoms with E-state index in [-0.39, 0.29) is 6.02 Å². The van der Waals surface area contributed by atoms with Crippen molar-refractivity contribution in [1.29, 1.82) is 0 Å². The van der Waals surface area contributed by atoms with Crippen LogP contribution in [0.3, 0.4) is 0 Å². The van der Waals surface area contributed by atoms with Crippen LogP contribution in [0.5, 0.6) is 5.75 Å². The molecule has 3 aromatic rings. The second kappa shape index (κ2) is 6.93. The summed E-state index contributed by atoms with van der Waals surface area (Å²) in [5, 5.41) is 0.512. The van der Waals surface area contributed by atoms with Gasteiger partial charge in [0, 0.05) is 12.4 Å². The van der Waals surface area contributed by atoms with Crippen molar-refractivity contribution in [2.75, 3.05) is 13.7 Å². The van der Waals surface area contributed by atoms with Crippen molar-refractivity contribution in [1.82, 2.24) is 4.98 Å². The number of rotatable bonds is 4. The second-order valence-corrected chi connectivity index (χ2v) is 6.68. The molecule has 6 heteroatoms. The topological polar surface area (TPSA) is 69.7 Å². The summed E-state index contributed by atoms with van der Waals surface area (Å²) in [5.41, 5.74) is 9.04. The van der Waals surface area contributed by atoms with Gasteiger partial charge in [0.25, 0.3) is 6.02 Å². The normalized spacial score (nSPS) is 18.7. The summed E-state index contributed by atoms with van der Waals surface area (Å²) in [6.45, 7) is 0.304. The van der Waals surface area contributed by atoms with Crippen LogP contribution in [-0.4, -0.2) is 24.7 Å². The summed E-state index contributed by atoms with van der Waals surface area (Å²) in [7, 11) is 1.59. The number of halogens is 1. The molecule has 2 heterocycles. The molecular weight excluding hydrogens is 362 g/mol. The van der Waals surface area contributed by atoms with Crippen molar-refractivity contribution in [2.45, 2.75) is 5.54 Å². The minimum absolute atomic E-state index is 0.161. The van der Waals surface area contributed by atoms with Crippen LogP contribution in [-0.2, 0) is 10.3 Å². The van der Waals surface area contributed by atoms with E-state index in [1.807, 2.05) is 54.7 Å². The third-order valence-electron chi connectivity index (χ3n) is 4.69. The lowest BCUT2D eigenvalue weighted by molar-refractivity contribution is 0.278. The minimum Gasteiger partial charge on any atom is -0.495 e. The van der Waals surface area contributed by atoms with Gasteiger partial charge in [-0.2, -0.15) is 0 Å². The molecule has 1 aromatic heterocycles. The van der Waals surface area contributed by atoms with Crippen LogP contribution >= 0.6 is 11.6 Å². The summed E-state index contributed by atoms with van der Waals surface area (Å²) in [6, 6.07) is 17.8. The van der Waals surface area contributed by atoms with Crippen molar-refractivity contribution in [3.8, 4) is 16.9 Å². The van der Waals surface area contributed by atoms with Crippen LogP contribution in [0.1, 0.15) is 11.1 Å². The van der Waals surface area contributed by atoms with Gasteiger partial charge in [-0.05, 0) is 46.5 Å². The predicted molar refractivity (Wildman–Crippen MR) is 106 cm³/mol. The number of benzene rings is 2. The molecule has 0 spiro atoms. The van der Waals surface area contributed by atoms with E-state index in [1.54, 1.807) is 13.3 Å². The van der Waals surface area contributed by atoms with Gasteiger partial charge in [0.05, 0.1) is 12.1 Å². The van der Waals surface area contributed by atoms with Crippen molar-refractivity contribution >= 4 is 17.6 Å². The Bertz CT molecular complexity index is 1010. The SMILES string of the molecule is COc1ccc(C2(c3cccc(-c4cccnc4)c3)COC(N)=N2)cc1Cl. The van der Waals surface area contributed by atoms with Gasteiger partial charge < -0.3 is 15.2 Å².